The van der Waals surface area contributed by atoms with Crippen molar-refractivity contribution in [1.29, 1.82) is 0 Å². The molecule has 0 saturated carbocycles. The maximum absolute atomic E-state index is 5.43. The van der Waals surface area contributed by atoms with Crippen molar-refractivity contribution in [2.75, 3.05) is 44.6 Å². The number of ether oxygens (including phenoxy) is 3. The first-order valence-corrected chi connectivity index (χ1v) is 10.5. The van der Waals surface area contributed by atoms with Crippen molar-refractivity contribution in [3.63, 3.8) is 0 Å². The number of nitrogens with zero attached hydrogens (tertiary/aromatic N) is 3. The molecule has 0 unspecified atom stereocenters. The van der Waals surface area contributed by atoms with Crippen LogP contribution in [0.1, 0.15) is 27.7 Å². The number of benzene rings is 1. The highest BCUT2D eigenvalue weighted by Crippen LogP contribution is 2.40. The van der Waals surface area contributed by atoms with E-state index >= 15 is 0 Å². The zero-order chi connectivity index (χ0) is 22.5. The standard InChI is InChI=1S/C23H33N5O3/c1-14(2)12-28(13-15(3)4)20-9-8-17-22(26-20)27-23(25-17)24-16-10-18(29-5)21(31-7)19(11-16)30-6/h8-11,14-15H,12-13H2,1-7H3,(H2,24,25,26,27). The number of hydrogen-bond acceptors (Lipinski definition) is 7. The van der Waals surface area contributed by atoms with Crippen molar-refractivity contribution in [2.24, 2.45) is 11.8 Å². The summed E-state index contributed by atoms with van der Waals surface area (Å²) in [5.74, 6) is 4.31. The number of pyridine rings is 1. The van der Waals surface area contributed by atoms with Crippen molar-refractivity contribution in [3.8, 4) is 17.2 Å². The van der Waals surface area contributed by atoms with Crippen molar-refractivity contribution in [2.45, 2.75) is 27.7 Å². The van der Waals surface area contributed by atoms with E-state index in [2.05, 4.69) is 53.9 Å². The van der Waals surface area contributed by atoms with E-state index in [0.29, 0.717) is 40.7 Å². The zero-order valence-corrected chi connectivity index (χ0v) is 19.4. The molecule has 0 saturated heterocycles. The number of nitrogens with one attached hydrogen (secondary N) is 2. The summed E-state index contributed by atoms with van der Waals surface area (Å²) in [5.41, 5.74) is 2.30. The molecule has 3 aromatic rings. The number of anilines is 3. The minimum atomic E-state index is 0.543. The van der Waals surface area contributed by atoms with E-state index < -0.39 is 0 Å². The van der Waals surface area contributed by atoms with Crippen LogP contribution in [0.4, 0.5) is 17.5 Å². The fourth-order valence-electron chi connectivity index (χ4n) is 3.55. The third kappa shape index (κ3) is 5.31. The molecule has 168 valence electrons. The minimum absolute atomic E-state index is 0.543. The highest BCUT2D eigenvalue weighted by Gasteiger charge is 2.16. The van der Waals surface area contributed by atoms with Gasteiger partial charge in [-0.05, 0) is 24.0 Å². The number of rotatable bonds is 10. The molecule has 0 aliphatic carbocycles. The molecule has 3 rings (SSSR count). The number of methoxy groups -OCH3 is 3. The van der Waals surface area contributed by atoms with Crippen LogP contribution in [0, 0.1) is 11.8 Å². The van der Waals surface area contributed by atoms with Crippen LogP contribution in [-0.2, 0) is 0 Å². The van der Waals surface area contributed by atoms with E-state index in [4.69, 9.17) is 19.2 Å². The lowest BCUT2D eigenvalue weighted by Crippen LogP contribution is -2.31. The van der Waals surface area contributed by atoms with Crippen LogP contribution in [0.2, 0.25) is 0 Å². The second-order valence-electron chi connectivity index (χ2n) is 8.36. The number of aromatic amines is 1. The van der Waals surface area contributed by atoms with Gasteiger partial charge in [-0.2, -0.15) is 4.98 Å². The first-order valence-electron chi connectivity index (χ1n) is 10.5. The second kappa shape index (κ2) is 9.76. The molecule has 8 heteroatoms. The van der Waals surface area contributed by atoms with Gasteiger partial charge in [-0.15, -0.1) is 0 Å². The quantitative estimate of drug-likeness (QED) is 0.479. The van der Waals surface area contributed by atoms with Gasteiger partial charge in [-0.1, -0.05) is 27.7 Å². The summed E-state index contributed by atoms with van der Waals surface area (Å²) < 4.78 is 16.2. The van der Waals surface area contributed by atoms with Crippen LogP contribution in [0.15, 0.2) is 24.3 Å². The second-order valence-corrected chi connectivity index (χ2v) is 8.36. The molecule has 2 N–H and O–H groups in total. The van der Waals surface area contributed by atoms with E-state index in [0.717, 1.165) is 30.1 Å². The van der Waals surface area contributed by atoms with Gasteiger partial charge in [0.15, 0.2) is 17.1 Å². The average Bonchev–Trinajstić information content (AvgIpc) is 3.13. The lowest BCUT2D eigenvalue weighted by molar-refractivity contribution is 0.324. The van der Waals surface area contributed by atoms with Gasteiger partial charge >= 0.3 is 0 Å². The number of H-pyrrole nitrogens is 1. The maximum Gasteiger partial charge on any atom is 0.207 e. The van der Waals surface area contributed by atoms with Crippen LogP contribution < -0.4 is 24.4 Å². The molecule has 0 radical (unpaired) electrons. The molecule has 0 atom stereocenters. The summed E-state index contributed by atoms with van der Waals surface area (Å²) in [6.07, 6.45) is 0. The first kappa shape index (κ1) is 22.5. The fourth-order valence-corrected chi connectivity index (χ4v) is 3.55. The molecule has 0 aliphatic rings. The molecule has 0 amide bonds. The molecular weight excluding hydrogens is 394 g/mol. The molecule has 0 spiro atoms. The van der Waals surface area contributed by atoms with Gasteiger partial charge in [0.2, 0.25) is 11.7 Å². The Labute approximate surface area is 183 Å². The van der Waals surface area contributed by atoms with Gasteiger partial charge in [0, 0.05) is 30.9 Å². The summed E-state index contributed by atoms with van der Waals surface area (Å²) in [6.45, 7) is 10.8. The Kier molecular flexibility index (Phi) is 7.09. The zero-order valence-electron chi connectivity index (χ0n) is 19.4. The molecule has 2 aromatic heterocycles. The van der Waals surface area contributed by atoms with Crippen LogP contribution >= 0.6 is 0 Å². The molecule has 0 bridgehead atoms. The molecule has 1 aromatic carbocycles. The Hall–Kier alpha value is -3.16. The molecule has 0 fully saturated rings. The number of aromatic nitrogens is 3. The van der Waals surface area contributed by atoms with Gasteiger partial charge in [0.25, 0.3) is 0 Å². The average molecular weight is 428 g/mol. The summed E-state index contributed by atoms with van der Waals surface area (Å²) in [6, 6.07) is 7.74. The molecular formula is C23H33N5O3. The van der Waals surface area contributed by atoms with Crippen molar-refractivity contribution in [1.82, 2.24) is 15.0 Å². The summed E-state index contributed by atoms with van der Waals surface area (Å²) >= 11 is 0. The van der Waals surface area contributed by atoms with Gasteiger partial charge in [0.1, 0.15) is 5.82 Å². The van der Waals surface area contributed by atoms with E-state index in [1.807, 2.05) is 18.2 Å². The van der Waals surface area contributed by atoms with E-state index in [9.17, 15) is 0 Å². The largest absolute Gasteiger partial charge is 0.493 e. The highest BCUT2D eigenvalue weighted by atomic mass is 16.5. The Morgan fingerprint density at radius 1 is 0.903 bits per heavy atom. The summed E-state index contributed by atoms with van der Waals surface area (Å²) in [4.78, 5) is 15.1. The maximum atomic E-state index is 5.43. The normalized spacial score (nSPS) is 11.3. The van der Waals surface area contributed by atoms with E-state index in [-0.39, 0.29) is 0 Å². The Bertz CT molecular complexity index is 981. The van der Waals surface area contributed by atoms with Crippen molar-refractivity contribution in [3.05, 3.63) is 24.3 Å². The fraction of sp³-hybridized carbons (Fsp3) is 0.478. The Balaban J connectivity index is 1.90. The third-order valence-electron chi connectivity index (χ3n) is 4.75. The molecule has 31 heavy (non-hydrogen) atoms. The van der Waals surface area contributed by atoms with Crippen LogP contribution in [0.25, 0.3) is 11.2 Å². The third-order valence-corrected chi connectivity index (χ3v) is 4.75. The minimum Gasteiger partial charge on any atom is -0.493 e. The highest BCUT2D eigenvalue weighted by molar-refractivity contribution is 5.77. The summed E-state index contributed by atoms with van der Waals surface area (Å²) in [5, 5.41) is 3.27. The predicted molar refractivity (Wildman–Crippen MR) is 125 cm³/mol. The first-order chi connectivity index (χ1) is 14.8. The lowest BCUT2D eigenvalue weighted by Gasteiger charge is -2.27. The van der Waals surface area contributed by atoms with Gasteiger partial charge < -0.3 is 29.4 Å². The van der Waals surface area contributed by atoms with Crippen molar-refractivity contribution >= 4 is 28.6 Å². The molecule has 2 heterocycles. The number of fused-ring (bicyclic) bond motifs is 1. The predicted octanol–water partition coefficient (Wildman–Crippen LogP) is 4.85. The topological polar surface area (TPSA) is 84.5 Å². The van der Waals surface area contributed by atoms with Gasteiger partial charge in [-0.3, -0.25) is 0 Å². The smallest absolute Gasteiger partial charge is 0.207 e. The number of imidazole rings is 1. The van der Waals surface area contributed by atoms with Gasteiger partial charge in [-0.25, -0.2) is 4.98 Å². The molecule has 0 aliphatic heterocycles. The monoisotopic (exact) mass is 427 g/mol. The van der Waals surface area contributed by atoms with Crippen molar-refractivity contribution < 1.29 is 14.2 Å². The SMILES string of the molecule is COc1cc(Nc2nc3nc(N(CC(C)C)CC(C)C)ccc3[nH]2)cc(OC)c1OC. The van der Waals surface area contributed by atoms with Crippen LogP contribution in [0.5, 0.6) is 17.2 Å². The van der Waals surface area contributed by atoms with Crippen LogP contribution in [0.3, 0.4) is 0 Å². The Morgan fingerprint density at radius 3 is 2.03 bits per heavy atom. The summed E-state index contributed by atoms with van der Waals surface area (Å²) in [7, 11) is 4.76. The lowest BCUT2D eigenvalue weighted by atomic mass is 10.1. The Morgan fingerprint density at radius 2 is 1.52 bits per heavy atom. The van der Waals surface area contributed by atoms with Gasteiger partial charge in [0.05, 0.1) is 26.8 Å². The van der Waals surface area contributed by atoms with E-state index in [1.54, 1.807) is 21.3 Å². The van der Waals surface area contributed by atoms with E-state index in [1.165, 1.54) is 0 Å². The molecule has 8 nitrogen and oxygen atoms in total. The number of hydrogen-bond donors (Lipinski definition) is 2. The van der Waals surface area contributed by atoms with Crippen LogP contribution in [-0.4, -0.2) is 49.4 Å².